The Morgan fingerprint density at radius 2 is 1.86 bits per heavy atom. The van der Waals surface area contributed by atoms with E-state index in [1.54, 1.807) is 6.07 Å². The normalized spacial score (nSPS) is 19.0. The van der Waals surface area contributed by atoms with Crippen molar-refractivity contribution in [3.05, 3.63) is 59.2 Å². The SMILES string of the molecule is COC(=O)CCCc1ccc(N2C(S)N(c3ccc(C#N)c(C(F)(F)F)c3)C(=O)C23CCC3)cc1. The first-order valence-corrected chi connectivity index (χ1v) is 11.7. The number of esters is 1. The van der Waals surface area contributed by atoms with Crippen molar-refractivity contribution in [2.45, 2.75) is 55.7 Å². The summed E-state index contributed by atoms with van der Waals surface area (Å²) in [6.45, 7) is 0. The number of nitriles is 1. The Morgan fingerprint density at radius 1 is 1.20 bits per heavy atom. The van der Waals surface area contributed by atoms with Gasteiger partial charge >= 0.3 is 12.1 Å². The van der Waals surface area contributed by atoms with Crippen molar-refractivity contribution in [1.82, 2.24) is 0 Å². The van der Waals surface area contributed by atoms with Crippen molar-refractivity contribution >= 4 is 35.9 Å². The standard InChI is InChI=1S/C25H24F3N3O3S/c1-34-21(32)5-2-4-16-6-9-18(10-7-16)31-23(35)30(22(33)24(31)12-3-13-24)19-11-8-17(15-29)20(14-19)25(26,27)28/h6-11,14,23,35H,2-5,12-13H2,1H3. The predicted molar refractivity (Wildman–Crippen MR) is 127 cm³/mol. The zero-order valence-electron chi connectivity index (χ0n) is 19.0. The van der Waals surface area contributed by atoms with Gasteiger partial charge < -0.3 is 9.64 Å². The van der Waals surface area contributed by atoms with Crippen molar-refractivity contribution in [3.8, 4) is 6.07 Å². The monoisotopic (exact) mass is 503 g/mol. The van der Waals surface area contributed by atoms with Gasteiger partial charge in [-0.3, -0.25) is 14.5 Å². The number of anilines is 2. The predicted octanol–water partition coefficient (Wildman–Crippen LogP) is 5.06. The Hall–Kier alpha value is -3.19. The van der Waals surface area contributed by atoms with Crippen molar-refractivity contribution < 1.29 is 27.5 Å². The first kappa shape index (κ1) is 24.9. The molecule has 1 aliphatic heterocycles. The maximum atomic E-state index is 13.6. The summed E-state index contributed by atoms with van der Waals surface area (Å²) in [6.07, 6.45) is -1.12. The van der Waals surface area contributed by atoms with Crippen molar-refractivity contribution in [2.24, 2.45) is 0 Å². The Kier molecular flexibility index (Phi) is 6.73. The van der Waals surface area contributed by atoms with Crippen LogP contribution in [0.5, 0.6) is 0 Å². The topological polar surface area (TPSA) is 73.6 Å². The van der Waals surface area contributed by atoms with E-state index in [0.29, 0.717) is 32.1 Å². The van der Waals surface area contributed by atoms with Gasteiger partial charge in [-0.25, -0.2) is 0 Å². The molecule has 6 nitrogen and oxygen atoms in total. The molecule has 2 aliphatic rings. The first-order chi connectivity index (χ1) is 16.6. The summed E-state index contributed by atoms with van der Waals surface area (Å²) in [5.41, 5.74) is -1.46. The fourth-order valence-electron chi connectivity index (χ4n) is 4.74. The van der Waals surface area contributed by atoms with Crippen LogP contribution in [0.3, 0.4) is 0 Å². The molecule has 1 saturated heterocycles. The number of methoxy groups -OCH3 is 1. The van der Waals surface area contributed by atoms with E-state index in [-0.39, 0.29) is 17.6 Å². The number of halogens is 3. The summed E-state index contributed by atoms with van der Waals surface area (Å²) in [6, 6.07) is 12.4. The number of aryl methyl sites for hydroxylation is 1. The van der Waals surface area contributed by atoms with E-state index < -0.39 is 28.3 Å². The zero-order chi connectivity index (χ0) is 25.4. The minimum Gasteiger partial charge on any atom is -0.469 e. The number of nitrogens with zero attached hydrogens (tertiary/aromatic N) is 3. The number of benzene rings is 2. The Balaban J connectivity index is 1.63. The second kappa shape index (κ2) is 9.46. The number of hydrogen-bond donors (Lipinski definition) is 1. The third kappa shape index (κ3) is 4.45. The maximum Gasteiger partial charge on any atom is 0.417 e. The van der Waals surface area contributed by atoms with Crippen LogP contribution < -0.4 is 9.80 Å². The third-order valence-electron chi connectivity index (χ3n) is 6.72. The number of carbonyl (C=O) groups is 2. The Morgan fingerprint density at radius 3 is 2.40 bits per heavy atom. The number of alkyl halides is 3. The molecule has 1 atom stereocenters. The molecule has 35 heavy (non-hydrogen) atoms. The van der Waals surface area contributed by atoms with Crippen LogP contribution in [0, 0.1) is 11.3 Å². The van der Waals surface area contributed by atoms with Crippen LogP contribution in [0.15, 0.2) is 42.5 Å². The molecule has 10 heteroatoms. The van der Waals surface area contributed by atoms with Gasteiger partial charge in [-0.05, 0) is 68.0 Å². The molecule has 0 radical (unpaired) electrons. The molecule has 2 fully saturated rings. The minimum atomic E-state index is -4.73. The summed E-state index contributed by atoms with van der Waals surface area (Å²) >= 11 is 4.67. The molecular formula is C25H24F3N3O3S. The third-order valence-corrected chi connectivity index (χ3v) is 7.18. The molecule has 0 bridgehead atoms. The molecular weight excluding hydrogens is 479 g/mol. The van der Waals surface area contributed by atoms with Crippen LogP contribution >= 0.6 is 12.6 Å². The van der Waals surface area contributed by atoms with Crippen molar-refractivity contribution in [2.75, 3.05) is 16.9 Å². The van der Waals surface area contributed by atoms with E-state index in [1.807, 2.05) is 29.2 Å². The highest BCUT2D eigenvalue weighted by Crippen LogP contribution is 2.50. The first-order valence-electron chi connectivity index (χ1n) is 11.2. The van der Waals surface area contributed by atoms with Crippen LogP contribution in [0.1, 0.15) is 48.8 Å². The van der Waals surface area contributed by atoms with Gasteiger partial charge in [-0.15, -0.1) is 12.6 Å². The number of amides is 1. The quantitative estimate of drug-likeness (QED) is 0.441. The number of ether oxygens (including phenoxy) is 1. The van der Waals surface area contributed by atoms with E-state index in [9.17, 15) is 22.8 Å². The number of rotatable bonds is 6. The lowest BCUT2D eigenvalue weighted by molar-refractivity contribution is -0.140. The average Bonchev–Trinajstić information content (AvgIpc) is 3.05. The van der Waals surface area contributed by atoms with Gasteiger partial charge in [0.1, 0.15) is 5.54 Å². The second-order valence-electron chi connectivity index (χ2n) is 8.71. The molecule has 2 aromatic rings. The van der Waals surface area contributed by atoms with Gasteiger partial charge in [-0.1, -0.05) is 12.1 Å². The number of thiol groups is 1. The van der Waals surface area contributed by atoms with Crippen molar-refractivity contribution in [3.63, 3.8) is 0 Å². The molecule has 2 aromatic carbocycles. The van der Waals surface area contributed by atoms with Gasteiger partial charge in [0.15, 0.2) is 5.50 Å². The molecule has 1 aliphatic carbocycles. The van der Waals surface area contributed by atoms with Gasteiger partial charge in [0.2, 0.25) is 0 Å². The summed E-state index contributed by atoms with van der Waals surface area (Å²) < 4.78 is 45.3. The molecule has 0 aromatic heterocycles. The van der Waals surface area contributed by atoms with Crippen LogP contribution in [0.4, 0.5) is 24.5 Å². The van der Waals surface area contributed by atoms with Crippen LogP contribution in [-0.2, 0) is 26.9 Å². The summed E-state index contributed by atoms with van der Waals surface area (Å²) in [7, 11) is 1.35. The van der Waals surface area contributed by atoms with Crippen molar-refractivity contribution in [1.29, 1.82) is 5.26 Å². The molecule has 1 spiro atoms. The molecule has 184 valence electrons. The highest BCUT2D eigenvalue weighted by Gasteiger charge is 2.60. The summed E-state index contributed by atoms with van der Waals surface area (Å²) in [4.78, 5) is 28.0. The Labute approximate surface area is 206 Å². The highest BCUT2D eigenvalue weighted by molar-refractivity contribution is 7.81. The summed E-state index contributed by atoms with van der Waals surface area (Å²) in [5, 5.41) is 9.10. The minimum absolute atomic E-state index is 0.0505. The number of hydrogen-bond acceptors (Lipinski definition) is 6. The zero-order valence-corrected chi connectivity index (χ0v) is 19.9. The van der Waals surface area contributed by atoms with Gasteiger partial charge in [0.05, 0.1) is 24.3 Å². The smallest absolute Gasteiger partial charge is 0.417 e. The molecule has 1 heterocycles. The van der Waals surface area contributed by atoms with E-state index in [4.69, 9.17) is 5.26 Å². The summed E-state index contributed by atoms with van der Waals surface area (Å²) in [5.74, 6) is -0.567. The number of carbonyl (C=O) groups excluding carboxylic acids is 2. The lowest BCUT2D eigenvalue weighted by Gasteiger charge is -2.44. The average molecular weight is 504 g/mol. The highest BCUT2D eigenvalue weighted by atomic mass is 32.1. The molecule has 0 N–H and O–H groups in total. The molecule has 1 unspecified atom stereocenters. The van der Waals surface area contributed by atoms with Gasteiger partial charge in [0.25, 0.3) is 5.91 Å². The lowest BCUT2D eigenvalue weighted by Crippen LogP contribution is -2.55. The fraction of sp³-hybridized carbons (Fsp3) is 0.400. The molecule has 4 rings (SSSR count). The van der Waals surface area contributed by atoms with E-state index in [2.05, 4.69) is 17.4 Å². The van der Waals surface area contributed by atoms with E-state index >= 15 is 0 Å². The van der Waals surface area contributed by atoms with Gasteiger partial charge in [0, 0.05) is 17.8 Å². The largest absolute Gasteiger partial charge is 0.469 e. The fourth-order valence-corrected chi connectivity index (χ4v) is 5.33. The van der Waals surface area contributed by atoms with Crippen LogP contribution in [0.25, 0.3) is 0 Å². The lowest BCUT2D eigenvalue weighted by atomic mass is 9.75. The van der Waals surface area contributed by atoms with Crippen LogP contribution in [0.2, 0.25) is 0 Å². The van der Waals surface area contributed by atoms with Crippen LogP contribution in [-0.4, -0.2) is 30.0 Å². The maximum absolute atomic E-state index is 13.6. The van der Waals surface area contributed by atoms with E-state index in [1.165, 1.54) is 18.1 Å². The van der Waals surface area contributed by atoms with E-state index in [0.717, 1.165) is 29.8 Å². The molecule has 1 amide bonds. The molecule has 1 saturated carbocycles. The second-order valence-corrected chi connectivity index (χ2v) is 9.17. The van der Waals surface area contributed by atoms with Gasteiger partial charge in [-0.2, -0.15) is 18.4 Å². The Bertz CT molecular complexity index is 1170.